The zero-order valence-electron chi connectivity index (χ0n) is 12.4. The van der Waals surface area contributed by atoms with E-state index in [4.69, 9.17) is 5.84 Å². The van der Waals surface area contributed by atoms with Crippen LogP contribution in [0.2, 0.25) is 0 Å². The predicted octanol–water partition coefficient (Wildman–Crippen LogP) is 1.23. The van der Waals surface area contributed by atoms with Gasteiger partial charge in [-0.25, -0.2) is 0 Å². The van der Waals surface area contributed by atoms with E-state index in [9.17, 15) is 14.9 Å². The van der Waals surface area contributed by atoms with Crippen molar-refractivity contribution in [3.8, 4) is 0 Å². The number of nitrogens with zero attached hydrogens (tertiary/aromatic N) is 2. The van der Waals surface area contributed by atoms with Gasteiger partial charge in [-0.3, -0.25) is 20.8 Å². The average Bonchev–Trinajstić information content (AvgIpc) is 2.43. The molecule has 1 aromatic carbocycles. The van der Waals surface area contributed by atoms with Crippen molar-refractivity contribution in [3.63, 3.8) is 0 Å². The molecule has 1 amide bonds. The zero-order valence-corrected chi connectivity index (χ0v) is 12.4. The zero-order chi connectivity index (χ0) is 16.0. The summed E-state index contributed by atoms with van der Waals surface area (Å²) in [6.45, 7) is 6.28. The second-order valence-electron chi connectivity index (χ2n) is 4.88. The van der Waals surface area contributed by atoms with Crippen molar-refractivity contribution in [1.82, 2.24) is 5.32 Å². The molecule has 4 N–H and O–H groups in total. The summed E-state index contributed by atoms with van der Waals surface area (Å²) in [6.07, 6.45) is 0. The first-order valence-corrected chi connectivity index (χ1v) is 6.67. The molecule has 0 saturated carbocycles. The number of carbonyl (C=O) groups excluding carboxylic acids is 1. The monoisotopic (exact) mass is 295 g/mol. The first kappa shape index (κ1) is 16.7. The van der Waals surface area contributed by atoms with Gasteiger partial charge in [-0.15, -0.1) is 0 Å². The third kappa shape index (κ3) is 4.92. The molecular formula is C13H21N5O3. The van der Waals surface area contributed by atoms with E-state index < -0.39 is 4.92 Å². The lowest BCUT2D eigenvalue weighted by molar-refractivity contribution is -0.384. The molecule has 0 aliphatic heterocycles. The van der Waals surface area contributed by atoms with E-state index in [1.165, 1.54) is 12.1 Å². The van der Waals surface area contributed by atoms with Crippen molar-refractivity contribution in [2.24, 2.45) is 5.84 Å². The van der Waals surface area contributed by atoms with E-state index >= 15 is 0 Å². The van der Waals surface area contributed by atoms with Gasteiger partial charge in [0.25, 0.3) is 5.69 Å². The number of hydrogen-bond donors (Lipinski definition) is 3. The van der Waals surface area contributed by atoms with Gasteiger partial charge < -0.3 is 15.6 Å². The Hall–Kier alpha value is -2.35. The van der Waals surface area contributed by atoms with Crippen LogP contribution in [0.1, 0.15) is 20.8 Å². The Kier molecular flexibility index (Phi) is 5.92. The number of benzene rings is 1. The minimum Gasteiger partial charge on any atom is -0.362 e. The van der Waals surface area contributed by atoms with Crippen LogP contribution in [-0.4, -0.2) is 30.0 Å². The number of likely N-dealkylation sites (N-methyl/N-ethyl adjacent to an activating group) is 1. The molecule has 0 aliphatic carbocycles. The van der Waals surface area contributed by atoms with Gasteiger partial charge in [0.1, 0.15) is 0 Å². The Labute approximate surface area is 123 Å². The molecule has 0 aromatic heterocycles. The Balaban J connectivity index is 3.01. The van der Waals surface area contributed by atoms with Gasteiger partial charge in [0, 0.05) is 30.4 Å². The largest absolute Gasteiger partial charge is 0.362 e. The normalized spacial score (nSPS) is 10.3. The van der Waals surface area contributed by atoms with E-state index in [-0.39, 0.29) is 24.2 Å². The topological polar surface area (TPSA) is 114 Å². The smallest absolute Gasteiger partial charge is 0.273 e. The van der Waals surface area contributed by atoms with Gasteiger partial charge in [0.2, 0.25) is 5.91 Å². The third-order valence-electron chi connectivity index (χ3n) is 2.81. The molecule has 0 bridgehead atoms. The summed E-state index contributed by atoms with van der Waals surface area (Å²) >= 11 is 0. The highest BCUT2D eigenvalue weighted by Crippen LogP contribution is 2.26. The highest BCUT2D eigenvalue weighted by molar-refractivity contribution is 5.82. The van der Waals surface area contributed by atoms with Crippen molar-refractivity contribution in [2.45, 2.75) is 26.8 Å². The van der Waals surface area contributed by atoms with Crippen LogP contribution < -0.4 is 21.5 Å². The average molecular weight is 295 g/mol. The van der Waals surface area contributed by atoms with Gasteiger partial charge in [-0.1, -0.05) is 0 Å². The van der Waals surface area contributed by atoms with Crippen LogP contribution in [0.5, 0.6) is 0 Å². The van der Waals surface area contributed by atoms with E-state index in [1.807, 2.05) is 20.8 Å². The molecule has 8 heteroatoms. The second kappa shape index (κ2) is 7.44. The van der Waals surface area contributed by atoms with E-state index in [0.29, 0.717) is 17.9 Å². The minimum atomic E-state index is -0.494. The fourth-order valence-corrected chi connectivity index (χ4v) is 1.89. The van der Waals surface area contributed by atoms with Crippen molar-refractivity contribution in [1.29, 1.82) is 0 Å². The number of nitro groups is 1. The van der Waals surface area contributed by atoms with Crippen LogP contribution in [-0.2, 0) is 4.79 Å². The van der Waals surface area contributed by atoms with Crippen molar-refractivity contribution in [2.75, 3.05) is 23.4 Å². The molecule has 21 heavy (non-hydrogen) atoms. The van der Waals surface area contributed by atoms with Crippen LogP contribution in [0.25, 0.3) is 0 Å². The molecule has 0 radical (unpaired) electrons. The summed E-state index contributed by atoms with van der Waals surface area (Å²) in [7, 11) is 0. The number of nitro benzene ring substituents is 1. The second-order valence-corrected chi connectivity index (χ2v) is 4.88. The number of rotatable bonds is 7. The van der Waals surface area contributed by atoms with Gasteiger partial charge in [0.15, 0.2) is 0 Å². The van der Waals surface area contributed by atoms with Crippen molar-refractivity contribution < 1.29 is 9.72 Å². The number of nitrogen functional groups attached to an aromatic ring is 1. The quantitative estimate of drug-likeness (QED) is 0.396. The molecule has 0 saturated heterocycles. The highest BCUT2D eigenvalue weighted by Gasteiger charge is 2.16. The van der Waals surface area contributed by atoms with Gasteiger partial charge >= 0.3 is 0 Å². The summed E-state index contributed by atoms with van der Waals surface area (Å²) in [6, 6.07) is 4.47. The first-order valence-electron chi connectivity index (χ1n) is 6.67. The van der Waals surface area contributed by atoms with Crippen molar-refractivity contribution >= 4 is 23.0 Å². The van der Waals surface area contributed by atoms with Crippen LogP contribution in [0.3, 0.4) is 0 Å². The van der Waals surface area contributed by atoms with E-state index in [0.717, 1.165) is 0 Å². The van der Waals surface area contributed by atoms with E-state index in [1.54, 1.807) is 11.0 Å². The number of anilines is 2. The van der Waals surface area contributed by atoms with E-state index in [2.05, 4.69) is 10.7 Å². The van der Waals surface area contributed by atoms with Crippen LogP contribution in [0.15, 0.2) is 18.2 Å². The number of hydrazine groups is 1. The maximum atomic E-state index is 11.8. The summed E-state index contributed by atoms with van der Waals surface area (Å²) in [5, 5.41) is 13.7. The Morgan fingerprint density at radius 2 is 2.10 bits per heavy atom. The number of non-ortho nitro benzene ring substituents is 1. The standard InChI is InChI=1S/C13H21N5O3/c1-4-17(8-13(19)15-9(2)3)11-5-10(16-14)6-12(7-11)18(20)21/h5-7,9,16H,4,8,14H2,1-3H3,(H,15,19). The Morgan fingerprint density at radius 3 is 2.57 bits per heavy atom. The summed E-state index contributed by atoms with van der Waals surface area (Å²) in [5.41, 5.74) is 3.30. The molecule has 116 valence electrons. The first-order chi connectivity index (χ1) is 9.87. The molecule has 0 atom stereocenters. The summed E-state index contributed by atoms with van der Waals surface area (Å²) in [5.74, 6) is 5.19. The fourth-order valence-electron chi connectivity index (χ4n) is 1.89. The number of nitrogens with one attached hydrogen (secondary N) is 2. The Morgan fingerprint density at radius 1 is 1.43 bits per heavy atom. The number of carbonyl (C=O) groups is 1. The lowest BCUT2D eigenvalue weighted by atomic mass is 10.2. The summed E-state index contributed by atoms with van der Waals surface area (Å²) < 4.78 is 0. The van der Waals surface area contributed by atoms with Gasteiger partial charge in [-0.2, -0.15) is 0 Å². The van der Waals surface area contributed by atoms with Crippen molar-refractivity contribution in [3.05, 3.63) is 28.3 Å². The maximum Gasteiger partial charge on any atom is 0.273 e. The molecule has 0 heterocycles. The highest BCUT2D eigenvalue weighted by atomic mass is 16.6. The fraction of sp³-hybridized carbons (Fsp3) is 0.462. The maximum absolute atomic E-state index is 11.8. The SMILES string of the molecule is CCN(CC(=O)NC(C)C)c1cc(NN)cc([N+](=O)[O-])c1. The molecule has 0 fully saturated rings. The molecular weight excluding hydrogens is 274 g/mol. The minimum absolute atomic E-state index is 0.0441. The number of amides is 1. The van der Waals surface area contributed by atoms with Crippen LogP contribution in [0.4, 0.5) is 17.1 Å². The lowest BCUT2D eigenvalue weighted by Crippen LogP contribution is -2.40. The molecule has 0 spiro atoms. The number of hydrogen-bond acceptors (Lipinski definition) is 6. The van der Waals surface area contributed by atoms with Gasteiger partial charge in [-0.05, 0) is 26.8 Å². The lowest BCUT2D eigenvalue weighted by Gasteiger charge is -2.23. The van der Waals surface area contributed by atoms with Crippen LogP contribution in [0, 0.1) is 10.1 Å². The molecule has 1 rings (SSSR count). The summed E-state index contributed by atoms with van der Waals surface area (Å²) in [4.78, 5) is 24.0. The molecule has 0 aliphatic rings. The van der Waals surface area contributed by atoms with Crippen LogP contribution >= 0.6 is 0 Å². The molecule has 0 unspecified atom stereocenters. The predicted molar refractivity (Wildman–Crippen MR) is 82.1 cm³/mol. The molecule has 8 nitrogen and oxygen atoms in total. The third-order valence-corrected chi connectivity index (χ3v) is 2.81. The van der Waals surface area contributed by atoms with Gasteiger partial charge in [0.05, 0.1) is 17.2 Å². The molecule has 1 aromatic rings. The number of nitrogens with two attached hydrogens (primary N) is 1. The Bertz CT molecular complexity index is 519.